The van der Waals surface area contributed by atoms with Gasteiger partial charge in [0.05, 0.1) is 16.8 Å². The standard InChI is InChI=1S/C21H24N2O3S/c1-20(2)15(10-11-21(20,3)19(25)26)18(24)23-17-9-5-4-8-16(17)22-13-14-7-6-12-27-14/h4-9,12-13,15H,10-11H2,1-3H3,(H,23,24)(H,25,26). The third kappa shape index (κ3) is 3.54. The van der Waals surface area contributed by atoms with E-state index < -0.39 is 16.8 Å². The van der Waals surface area contributed by atoms with Crippen molar-refractivity contribution in [3.63, 3.8) is 0 Å². The largest absolute Gasteiger partial charge is 0.481 e. The number of carbonyl (C=O) groups is 2. The average molecular weight is 385 g/mol. The van der Waals surface area contributed by atoms with E-state index in [0.717, 1.165) is 4.88 Å². The molecule has 5 nitrogen and oxygen atoms in total. The van der Waals surface area contributed by atoms with Gasteiger partial charge in [-0.05, 0) is 48.8 Å². The van der Waals surface area contributed by atoms with Crippen molar-refractivity contribution in [1.82, 2.24) is 0 Å². The van der Waals surface area contributed by atoms with Crippen LogP contribution in [0.2, 0.25) is 0 Å². The second-order valence-electron chi connectivity index (χ2n) is 7.73. The number of para-hydroxylation sites is 2. The molecule has 1 aliphatic rings. The minimum absolute atomic E-state index is 0.149. The van der Waals surface area contributed by atoms with Crippen molar-refractivity contribution in [1.29, 1.82) is 0 Å². The Kier molecular flexibility index (Phi) is 5.20. The molecule has 0 aliphatic heterocycles. The van der Waals surface area contributed by atoms with Crippen molar-refractivity contribution in [3.05, 3.63) is 46.7 Å². The lowest BCUT2D eigenvalue weighted by Crippen LogP contribution is -2.43. The number of carboxylic acid groups (broad SMARTS) is 1. The lowest BCUT2D eigenvalue weighted by molar-refractivity contribution is -0.154. The van der Waals surface area contributed by atoms with Crippen LogP contribution in [-0.2, 0) is 9.59 Å². The summed E-state index contributed by atoms with van der Waals surface area (Å²) in [4.78, 5) is 30.3. The monoisotopic (exact) mass is 384 g/mol. The van der Waals surface area contributed by atoms with Crippen molar-refractivity contribution in [2.75, 3.05) is 5.32 Å². The molecule has 1 aromatic heterocycles. The molecule has 1 fully saturated rings. The van der Waals surface area contributed by atoms with Crippen LogP contribution in [0.3, 0.4) is 0 Å². The highest BCUT2D eigenvalue weighted by Gasteiger charge is 2.58. The molecule has 6 heteroatoms. The maximum Gasteiger partial charge on any atom is 0.309 e. The van der Waals surface area contributed by atoms with Crippen LogP contribution in [0.4, 0.5) is 11.4 Å². The molecule has 0 spiro atoms. The molecular weight excluding hydrogens is 360 g/mol. The van der Waals surface area contributed by atoms with Crippen molar-refractivity contribution in [2.24, 2.45) is 21.7 Å². The number of nitrogens with one attached hydrogen (secondary N) is 1. The zero-order chi connectivity index (χ0) is 19.7. The Balaban J connectivity index is 1.80. The Morgan fingerprint density at radius 2 is 1.96 bits per heavy atom. The van der Waals surface area contributed by atoms with Crippen molar-refractivity contribution >= 4 is 40.8 Å². The number of amides is 1. The predicted molar refractivity (Wildman–Crippen MR) is 109 cm³/mol. The number of carboxylic acids is 1. The van der Waals surface area contributed by atoms with Gasteiger partial charge in [-0.25, -0.2) is 0 Å². The van der Waals surface area contributed by atoms with Gasteiger partial charge in [-0.15, -0.1) is 11.3 Å². The fourth-order valence-corrected chi connectivity index (χ4v) is 4.34. The lowest BCUT2D eigenvalue weighted by Gasteiger charge is -2.37. The third-order valence-electron chi connectivity index (χ3n) is 6.05. The van der Waals surface area contributed by atoms with Crippen LogP contribution in [0, 0.1) is 16.7 Å². The van der Waals surface area contributed by atoms with Crippen LogP contribution in [0.1, 0.15) is 38.5 Å². The van der Waals surface area contributed by atoms with Gasteiger partial charge in [-0.1, -0.05) is 32.0 Å². The molecule has 1 aliphatic carbocycles. The summed E-state index contributed by atoms with van der Waals surface area (Å²) in [5.41, 5.74) is -0.240. The minimum atomic E-state index is -0.911. The van der Waals surface area contributed by atoms with E-state index in [1.807, 2.05) is 55.6 Å². The van der Waals surface area contributed by atoms with Crippen LogP contribution in [0.5, 0.6) is 0 Å². The molecule has 1 aromatic carbocycles. The van der Waals surface area contributed by atoms with Crippen molar-refractivity contribution in [2.45, 2.75) is 33.6 Å². The first kappa shape index (κ1) is 19.3. The van der Waals surface area contributed by atoms with Crippen LogP contribution in [0.15, 0.2) is 46.8 Å². The molecule has 2 atom stereocenters. The number of anilines is 1. The SMILES string of the molecule is CC1(C(=O)O)CCC(C(=O)Nc2ccccc2N=Cc2cccs2)C1(C)C. The second-order valence-corrected chi connectivity index (χ2v) is 8.71. The first-order valence-electron chi connectivity index (χ1n) is 8.96. The summed E-state index contributed by atoms with van der Waals surface area (Å²) in [5.74, 6) is -1.36. The van der Waals surface area contributed by atoms with Gasteiger partial charge in [0, 0.05) is 17.0 Å². The number of benzene rings is 1. The van der Waals surface area contributed by atoms with Gasteiger partial charge >= 0.3 is 5.97 Å². The molecule has 142 valence electrons. The Morgan fingerprint density at radius 3 is 2.59 bits per heavy atom. The van der Waals surface area contributed by atoms with E-state index >= 15 is 0 Å². The van der Waals surface area contributed by atoms with E-state index in [-0.39, 0.29) is 11.8 Å². The number of aliphatic imine (C=N–C) groups is 1. The van der Waals surface area contributed by atoms with Gasteiger partial charge in [0.15, 0.2) is 0 Å². The fourth-order valence-electron chi connectivity index (χ4n) is 3.75. The number of rotatable bonds is 5. The summed E-state index contributed by atoms with van der Waals surface area (Å²) in [6, 6.07) is 11.3. The van der Waals surface area contributed by atoms with E-state index in [0.29, 0.717) is 24.2 Å². The smallest absolute Gasteiger partial charge is 0.309 e. The molecule has 2 N–H and O–H groups in total. The van der Waals surface area contributed by atoms with Crippen LogP contribution in [0.25, 0.3) is 0 Å². The van der Waals surface area contributed by atoms with Crippen molar-refractivity contribution < 1.29 is 14.7 Å². The zero-order valence-electron chi connectivity index (χ0n) is 15.7. The highest BCUT2D eigenvalue weighted by Crippen LogP contribution is 2.56. The molecule has 0 saturated heterocycles. The highest BCUT2D eigenvalue weighted by atomic mass is 32.1. The number of carbonyl (C=O) groups excluding carboxylic acids is 1. The quantitative estimate of drug-likeness (QED) is 0.715. The summed E-state index contributed by atoms with van der Waals surface area (Å²) >= 11 is 1.59. The first-order valence-corrected chi connectivity index (χ1v) is 9.84. The maximum absolute atomic E-state index is 13.0. The molecule has 3 rings (SSSR count). The lowest BCUT2D eigenvalue weighted by atomic mass is 9.65. The summed E-state index contributed by atoms with van der Waals surface area (Å²) in [5, 5.41) is 14.6. The van der Waals surface area contributed by atoms with Crippen LogP contribution in [-0.4, -0.2) is 23.2 Å². The summed E-state index contributed by atoms with van der Waals surface area (Å²) in [6.45, 7) is 5.49. The van der Waals surface area contributed by atoms with E-state index in [2.05, 4.69) is 10.3 Å². The van der Waals surface area contributed by atoms with E-state index in [1.54, 1.807) is 24.5 Å². The number of hydrogen-bond donors (Lipinski definition) is 2. The Morgan fingerprint density at radius 1 is 1.22 bits per heavy atom. The van der Waals surface area contributed by atoms with E-state index in [4.69, 9.17) is 0 Å². The normalized spacial score (nSPS) is 24.2. The Labute approximate surface area is 163 Å². The highest BCUT2D eigenvalue weighted by molar-refractivity contribution is 7.11. The van der Waals surface area contributed by atoms with Gasteiger partial charge < -0.3 is 10.4 Å². The van der Waals surface area contributed by atoms with Gasteiger partial charge in [-0.3, -0.25) is 14.6 Å². The van der Waals surface area contributed by atoms with Gasteiger partial charge in [0.2, 0.25) is 5.91 Å². The Bertz CT molecular complexity index is 873. The first-order chi connectivity index (χ1) is 12.8. The number of thiophene rings is 1. The molecule has 2 aromatic rings. The van der Waals surface area contributed by atoms with E-state index in [9.17, 15) is 14.7 Å². The molecule has 27 heavy (non-hydrogen) atoms. The molecule has 1 saturated carbocycles. The number of aliphatic carboxylic acids is 1. The molecular formula is C21H24N2O3S. The maximum atomic E-state index is 13.0. The van der Waals surface area contributed by atoms with Gasteiger partial charge in [0.1, 0.15) is 0 Å². The zero-order valence-corrected chi connectivity index (χ0v) is 16.5. The van der Waals surface area contributed by atoms with Gasteiger partial charge in [-0.2, -0.15) is 0 Å². The second kappa shape index (κ2) is 7.27. The average Bonchev–Trinajstić information content (AvgIpc) is 3.21. The minimum Gasteiger partial charge on any atom is -0.481 e. The number of hydrogen-bond acceptors (Lipinski definition) is 4. The molecule has 0 bridgehead atoms. The summed E-state index contributed by atoms with van der Waals surface area (Å²) in [6.07, 6.45) is 2.82. The topological polar surface area (TPSA) is 78.8 Å². The fraction of sp³-hybridized carbons (Fsp3) is 0.381. The van der Waals surface area contributed by atoms with E-state index in [1.165, 1.54) is 0 Å². The predicted octanol–water partition coefficient (Wildman–Crippen LogP) is 4.96. The van der Waals surface area contributed by atoms with Crippen LogP contribution < -0.4 is 5.32 Å². The molecule has 1 heterocycles. The molecule has 1 amide bonds. The molecule has 2 unspecified atom stereocenters. The summed E-state index contributed by atoms with van der Waals surface area (Å²) in [7, 11) is 0. The van der Waals surface area contributed by atoms with Crippen molar-refractivity contribution in [3.8, 4) is 0 Å². The third-order valence-corrected chi connectivity index (χ3v) is 6.86. The molecule has 0 radical (unpaired) electrons. The number of nitrogens with zero attached hydrogens (tertiary/aromatic N) is 1. The summed E-state index contributed by atoms with van der Waals surface area (Å²) < 4.78 is 0. The van der Waals surface area contributed by atoms with Gasteiger partial charge in [0.25, 0.3) is 0 Å². The van der Waals surface area contributed by atoms with Crippen LogP contribution >= 0.6 is 11.3 Å². The Hall–Kier alpha value is -2.47.